The van der Waals surface area contributed by atoms with Gasteiger partial charge >= 0.3 is 0 Å². The molecule has 0 radical (unpaired) electrons. The predicted octanol–water partition coefficient (Wildman–Crippen LogP) is 8.24. The van der Waals surface area contributed by atoms with Gasteiger partial charge in [-0.1, -0.05) is 109 Å². The van der Waals surface area contributed by atoms with Crippen molar-refractivity contribution in [3.05, 3.63) is 133 Å². The zero-order chi connectivity index (χ0) is 25.3. The third-order valence-corrected chi connectivity index (χ3v) is 6.69. The Labute approximate surface area is 220 Å². The van der Waals surface area contributed by atoms with Crippen LogP contribution < -0.4 is 0 Å². The van der Waals surface area contributed by atoms with Gasteiger partial charge in [0.25, 0.3) is 0 Å². The van der Waals surface area contributed by atoms with Crippen LogP contribution in [0, 0.1) is 0 Å². The Morgan fingerprint density at radius 1 is 0.289 bits per heavy atom. The van der Waals surface area contributed by atoms with Gasteiger partial charge in [0.2, 0.25) is 0 Å². The molecule has 0 aliphatic rings. The van der Waals surface area contributed by atoms with Crippen molar-refractivity contribution in [2.24, 2.45) is 0 Å². The minimum absolute atomic E-state index is 0.651. The highest BCUT2D eigenvalue weighted by atomic mass is 15.0. The predicted molar refractivity (Wildman–Crippen MR) is 154 cm³/mol. The normalized spacial score (nSPS) is 11.2. The van der Waals surface area contributed by atoms with Gasteiger partial charge in [-0.3, -0.25) is 0 Å². The number of pyridine rings is 1. The van der Waals surface area contributed by atoms with Crippen molar-refractivity contribution in [1.29, 1.82) is 0 Å². The van der Waals surface area contributed by atoms with E-state index in [1.807, 2.05) is 72.8 Å². The molecule has 0 aliphatic carbocycles. The van der Waals surface area contributed by atoms with Gasteiger partial charge in [0.05, 0.1) is 11.0 Å². The second-order valence-corrected chi connectivity index (χ2v) is 9.20. The van der Waals surface area contributed by atoms with Crippen molar-refractivity contribution >= 4 is 21.8 Å². The molecule has 0 spiro atoms. The fourth-order valence-corrected chi connectivity index (χ4v) is 4.71. The highest BCUT2D eigenvalue weighted by Crippen LogP contribution is 2.29. The van der Waals surface area contributed by atoms with Crippen LogP contribution in [-0.2, 0) is 0 Å². The molecule has 7 aromatic rings. The van der Waals surface area contributed by atoms with E-state index in [0.717, 1.165) is 49.6 Å². The Morgan fingerprint density at radius 2 is 0.763 bits per heavy atom. The number of benzene rings is 5. The molecule has 4 nitrogen and oxygen atoms in total. The first kappa shape index (κ1) is 22.0. The Bertz CT molecular complexity index is 1840. The zero-order valence-electron chi connectivity index (χ0n) is 20.5. The van der Waals surface area contributed by atoms with Gasteiger partial charge in [0.15, 0.2) is 17.5 Å². The largest absolute Gasteiger partial charge is 0.248 e. The van der Waals surface area contributed by atoms with Crippen LogP contribution in [0.15, 0.2) is 133 Å². The van der Waals surface area contributed by atoms with Crippen LogP contribution in [0.4, 0.5) is 0 Å². The van der Waals surface area contributed by atoms with Crippen molar-refractivity contribution in [2.45, 2.75) is 0 Å². The minimum atomic E-state index is 0.651. The summed E-state index contributed by atoms with van der Waals surface area (Å²) in [6.45, 7) is 0. The maximum Gasteiger partial charge on any atom is 0.164 e. The Balaban J connectivity index is 1.28. The van der Waals surface area contributed by atoms with E-state index in [-0.39, 0.29) is 0 Å². The fourth-order valence-electron chi connectivity index (χ4n) is 4.71. The molecule has 2 heterocycles. The summed E-state index contributed by atoms with van der Waals surface area (Å²) in [5.74, 6) is 1.97. The molecular weight excluding hydrogens is 464 g/mol. The quantitative estimate of drug-likeness (QED) is 0.235. The maximum atomic E-state index is 4.84. The molecule has 38 heavy (non-hydrogen) atoms. The topological polar surface area (TPSA) is 51.6 Å². The first-order valence-electron chi connectivity index (χ1n) is 12.6. The molecule has 0 atom stereocenters. The minimum Gasteiger partial charge on any atom is -0.248 e. The van der Waals surface area contributed by atoms with Gasteiger partial charge in [-0.25, -0.2) is 19.9 Å². The molecule has 0 N–H and O–H groups in total. The lowest BCUT2D eigenvalue weighted by atomic mass is 10.0. The van der Waals surface area contributed by atoms with Gasteiger partial charge in [0, 0.05) is 27.5 Å². The Hall–Kier alpha value is -5.22. The summed E-state index contributed by atoms with van der Waals surface area (Å²) in [5, 5.41) is 2.27. The summed E-state index contributed by atoms with van der Waals surface area (Å²) in [5.41, 5.74) is 7.15. The highest BCUT2D eigenvalue weighted by molar-refractivity contribution is 5.94. The average Bonchev–Trinajstić information content (AvgIpc) is 3.00. The van der Waals surface area contributed by atoms with Crippen molar-refractivity contribution in [1.82, 2.24) is 19.9 Å². The van der Waals surface area contributed by atoms with E-state index in [2.05, 4.69) is 60.7 Å². The van der Waals surface area contributed by atoms with Gasteiger partial charge in [0.1, 0.15) is 0 Å². The molecular formula is C34H22N4. The number of para-hydroxylation sites is 1. The van der Waals surface area contributed by atoms with Crippen molar-refractivity contribution < 1.29 is 0 Å². The molecule has 0 unspecified atom stereocenters. The van der Waals surface area contributed by atoms with Crippen LogP contribution in [0.5, 0.6) is 0 Å². The van der Waals surface area contributed by atoms with E-state index in [1.54, 1.807) is 0 Å². The van der Waals surface area contributed by atoms with Crippen LogP contribution in [0.2, 0.25) is 0 Å². The summed E-state index contributed by atoms with van der Waals surface area (Å²) < 4.78 is 0. The van der Waals surface area contributed by atoms with E-state index in [1.165, 1.54) is 0 Å². The van der Waals surface area contributed by atoms with Gasteiger partial charge in [-0.05, 0) is 35.4 Å². The molecule has 0 aliphatic heterocycles. The summed E-state index contributed by atoms with van der Waals surface area (Å²) in [7, 11) is 0. The number of nitrogens with zero attached hydrogens (tertiary/aromatic N) is 4. The van der Waals surface area contributed by atoms with Crippen molar-refractivity contribution in [3.8, 4) is 45.3 Å². The standard InChI is InChI=1S/C34H22N4/c1-3-9-24(10-4-1)32-36-33(25-11-5-2-6-12-25)38-34(37-32)26-17-15-23(16-18-26)27-19-20-31-29(21-27)22-28-13-7-8-14-30(28)35-31/h1-22H. The van der Waals surface area contributed by atoms with Gasteiger partial charge in [-0.2, -0.15) is 0 Å². The molecule has 4 heteroatoms. The lowest BCUT2D eigenvalue weighted by Crippen LogP contribution is -2.00. The van der Waals surface area contributed by atoms with E-state index in [9.17, 15) is 0 Å². The molecule has 0 bridgehead atoms. The SMILES string of the molecule is c1ccc(-c2nc(-c3ccccc3)nc(-c3ccc(-c4ccc5nc6ccccc6cc5c4)cc3)n2)cc1. The van der Waals surface area contributed by atoms with E-state index >= 15 is 0 Å². The Kier molecular flexibility index (Phi) is 5.41. The number of hydrogen-bond acceptors (Lipinski definition) is 4. The maximum absolute atomic E-state index is 4.84. The molecule has 178 valence electrons. The second-order valence-electron chi connectivity index (χ2n) is 9.20. The number of fused-ring (bicyclic) bond motifs is 2. The molecule has 0 fully saturated rings. The van der Waals surface area contributed by atoms with Crippen LogP contribution in [0.25, 0.3) is 67.1 Å². The lowest BCUT2D eigenvalue weighted by molar-refractivity contribution is 1.07. The second kappa shape index (κ2) is 9.34. The molecule has 5 aromatic carbocycles. The van der Waals surface area contributed by atoms with Crippen LogP contribution >= 0.6 is 0 Å². The highest BCUT2D eigenvalue weighted by Gasteiger charge is 2.12. The number of aromatic nitrogens is 4. The number of hydrogen-bond donors (Lipinski definition) is 0. The van der Waals surface area contributed by atoms with Crippen molar-refractivity contribution in [2.75, 3.05) is 0 Å². The fraction of sp³-hybridized carbons (Fsp3) is 0. The van der Waals surface area contributed by atoms with Crippen LogP contribution in [0.3, 0.4) is 0 Å². The number of rotatable bonds is 4. The zero-order valence-corrected chi connectivity index (χ0v) is 20.5. The summed E-state index contributed by atoms with van der Waals surface area (Å²) in [6, 6.07) is 45.3. The van der Waals surface area contributed by atoms with Gasteiger partial charge < -0.3 is 0 Å². The third kappa shape index (κ3) is 4.18. The Morgan fingerprint density at radius 3 is 1.39 bits per heavy atom. The van der Waals surface area contributed by atoms with E-state index in [0.29, 0.717) is 17.5 Å². The van der Waals surface area contributed by atoms with E-state index in [4.69, 9.17) is 19.9 Å². The molecule has 0 amide bonds. The summed E-state index contributed by atoms with van der Waals surface area (Å²) in [4.78, 5) is 19.3. The molecule has 0 saturated heterocycles. The smallest absolute Gasteiger partial charge is 0.164 e. The first-order chi connectivity index (χ1) is 18.8. The summed E-state index contributed by atoms with van der Waals surface area (Å²) >= 11 is 0. The van der Waals surface area contributed by atoms with Gasteiger partial charge in [-0.15, -0.1) is 0 Å². The lowest BCUT2D eigenvalue weighted by Gasteiger charge is -2.09. The van der Waals surface area contributed by atoms with E-state index < -0.39 is 0 Å². The molecule has 7 rings (SSSR count). The van der Waals surface area contributed by atoms with Crippen molar-refractivity contribution in [3.63, 3.8) is 0 Å². The molecule has 2 aromatic heterocycles. The van der Waals surface area contributed by atoms with Crippen LogP contribution in [-0.4, -0.2) is 19.9 Å². The average molecular weight is 487 g/mol. The monoisotopic (exact) mass is 486 g/mol. The molecule has 0 saturated carbocycles. The third-order valence-electron chi connectivity index (χ3n) is 6.69. The van der Waals surface area contributed by atoms with Crippen LogP contribution in [0.1, 0.15) is 0 Å². The summed E-state index contributed by atoms with van der Waals surface area (Å²) in [6.07, 6.45) is 0. The first-order valence-corrected chi connectivity index (χ1v) is 12.6.